The van der Waals surface area contributed by atoms with Gasteiger partial charge in [-0.1, -0.05) is 0 Å². The summed E-state index contributed by atoms with van der Waals surface area (Å²) in [5.74, 6) is 2.18. The molecule has 0 aromatic rings. The molecule has 0 unspecified atom stereocenters. The third kappa shape index (κ3) is 2.08. The maximum Gasteiger partial charge on any atom is 0.159 e. The van der Waals surface area contributed by atoms with Crippen molar-refractivity contribution in [1.82, 2.24) is 9.80 Å². The van der Waals surface area contributed by atoms with Crippen molar-refractivity contribution in [2.24, 2.45) is 14.5 Å². The molecular weight excluding hydrogens is 269 g/mol. The second kappa shape index (κ2) is 5.28. The first-order chi connectivity index (χ1) is 9.93. The van der Waals surface area contributed by atoms with Crippen molar-refractivity contribution in [3.05, 3.63) is 11.5 Å². The number of piperidine rings is 2. The van der Waals surface area contributed by atoms with Crippen molar-refractivity contribution in [3.63, 3.8) is 0 Å². The molecule has 0 saturated carbocycles. The van der Waals surface area contributed by atoms with Crippen molar-refractivity contribution in [2.75, 3.05) is 26.2 Å². The third-order valence-corrected chi connectivity index (χ3v) is 5.04. The molecule has 0 bridgehead atoms. The molecule has 20 heavy (non-hydrogen) atoms. The molecule has 0 aliphatic carbocycles. The monoisotopic (exact) mass is 289 g/mol. The first-order valence-electron chi connectivity index (χ1n) is 7.76. The summed E-state index contributed by atoms with van der Waals surface area (Å²) in [7, 11) is 0.836. The Morgan fingerprint density at radius 3 is 2.15 bits per heavy atom. The molecule has 0 radical (unpaired) electrons. The summed E-state index contributed by atoms with van der Waals surface area (Å²) in [6.45, 7) is 4.48. The van der Waals surface area contributed by atoms with Crippen LogP contribution in [0.4, 0.5) is 0 Å². The van der Waals surface area contributed by atoms with Gasteiger partial charge in [0.25, 0.3) is 0 Å². The lowest BCUT2D eigenvalue weighted by Crippen LogP contribution is -2.38. The van der Waals surface area contributed by atoms with E-state index in [1.807, 2.05) is 0 Å². The van der Waals surface area contributed by atoms with Crippen LogP contribution in [0.15, 0.2) is 26.0 Å². The Kier molecular flexibility index (Phi) is 3.31. The highest BCUT2D eigenvalue weighted by Gasteiger charge is 2.34. The van der Waals surface area contributed by atoms with Gasteiger partial charge in [0.1, 0.15) is 11.4 Å². The highest BCUT2D eigenvalue weighted by molar-refractivity contribution is 7.26. The number of aliphatic imine (C=N–C) groups is 1. The zero-order valence-corrected chi connectivity index (χ0v) is 12.6. The van der Waals surface area contributed by atoms with E-state index in [1.165, 1.54) is 38.5 Å². The molecule has 0 N–H and O–H groups in total. The Morgan fingerprint density at radius 1 is 0.800 bits per heavy atom. The summed E-state index contributed by atoms with van der Waals surface area (Å²) in [5.41, 5.74) is 2.10. The summed E-state index contributed by atoms with van der Waals surface area (Å²) >= 11 is 0. The fourth-order valence-electron chi connectivity index (χ4n) is 3.37. The van der Waals surface area contributed by atoms with Crippen LogP contribution in [0.2, 0.25) is 0 Å². The predicted octanol–water partition coefficient (Wildman–Crippen LogP) is 3.04. The Labute approximate surface area is 121 Å². The molecule has 0 aromatic heterocycles. The van der Waals surface area contributed by atoms with Gasteiger partial charge in [-0.2, -0.15) is 0 Å². The molecule has 0 spiro atoms. The molecule has 2 fully saturated rings. The average Bonchev–Trinajstić information content (AvgIpc) is 3.11. The van der Waals surface area contributed by atoms with E-state index < -0.39 is 0 Å². The minimum absolute atomic E-state index is 0.836. The van der Waals surface area contributed by atoms with Crippen LogP contribution in [0.1, 0.15) is 38.5 Å². The molecule has 6 heteroatoms. The number of hydrogen-bond acceptors (Lipinski definition) is 5. The predicted molar refractivity (Wildman–Crippen MR) is 82.1 cm³/mol. The van der Waals surface area contributed by atoms with Crippen LogP contribution in [-0.2, 0) is 0 Å². The number of rotatable bonds is 1. The van der Waals surface area contributed by atoms with Crippen LogP contribution in [0, 0.1) is 0 Å². The molecule has 0 aromatic carbocycles. The van der Waals surface area contributed by atoms with E-state index >= 15 is 0 Å². The summed E-state index contributed by atoms with van der Waals surface area (Å²) in [6.07, 6.45) is 7.78. The molecule has 5 nitrogen and oxygen atoms in total. The lowest BCUT2D eigenvalue weighted by molar-refractivity contribution is 0.281. The van der Waals surface area contributed by atoms with Crippen LogP contribution in [0.5, 0.6) is 0 Å². The van der Waals surface area contributed by atoms with Gasteiger partial charge >= 0.3 is 0 Å². The number of hydrogen-bond donors (Lipinski definition) is 0. The van der Waals surface area contributed by atoms with Crippen molar-refractivity contribution in [2.45, 2.75) is 38.5 Å². The molecular formula is C14H20N5P. The third-order valence-electron chi connectivity index (χ3n) is 4.46. The van der Waals surface area contributed by atoms with E-state index in [1.54, 1.807) is 0 Å². The minimum atomic E-state index is 0.836. The Balaban J connectivity index is 1.63. The van der Waals surface area contributed by atoms with Gasteiger partial charge in [0, 0.05) is 26.2 Å². The van der Waals surface area contributed by atoms with Gasteiger partial charge in [0.2, 0.25) is 0 Å². The first-order valence-corrected chi connectivity index (χ1v) is 8.56. The zero-order valence-electron chi connectivity index (χ0n) is 11.8. The van der Waals surface area contributed by atoms with E-state index in [0.29, 0.717) is 0 Å². The lowest BCUT2D eigenvalue weighted by Gasteiger charge is -2.29. The van der Waals surface area contributed by atoms with Gasteiger partial charge < -0.3 is 9.80 Å². The second-order valence-corrected chi connectivity index (χ2v) is 6.42. The van der Waals surface area contributed by atoms with Crippen LogP contribution in [0.25, 0.3) is 0 Å². The largest absolute Gasteiger partial charge is 0.355 e. The maximum atomic E-state index is 4.94. The Bertz CT molecular complexity index is 522. The van der Waals surface area contributed by atoms with Crippen molar-refractivity contribution in [1.29, 1.82) is 0 Å². The molecule has 0 amide bonds. The zero-order chi connectivity index (χ0) is 13.4. The summed E-state index contributed by atoms with van der Waals surface area (Å²) in [6, 6.07) is 0. The highest BCUT2D eigenvalue weighted by Crippen LogP contribution is 2.34. The molecule has 0 atom stereocenters. The summed E-state index contributed by atoms with van der Waals surface area (Å²) in [4.78, 5) is 9.76. The van der Waals surface area contributed by atoms with Crippen molar-refractivity contribution in [3.8, 4) is 0 Å². The molecule has 4 aliphatic heterocycles. The van der Waals surface area contributed by atoms with E-state index in [2.05, 4.69) is 19.3 Å². The van der Waals surface area contributed by atoms with E-state index in [9.17, 15) is 0 Å². The van der Waals surface area contributed by atoms with E-state index in [-0.39, 0.29) is 0 Å². The van der Waals surface area contributed by atoms with E-state index in [4.69, 9.17) is 4.99 Å². The van der Waals surface area contributed by atoms with Gasteiger partial charge in [-0.25, -0.2) is 14.5 Å². The summed E-state index contributed by atoms with van der Waals surface area (Å²) < 4.78 is 9.13. The Hall–Kier alpha value is -1.22. The Morgan fingerprint density at radius 2 is 1.45 bits per heavy atom. The van der Waals surface area contributed by atoms with Crippen molar-refractivity contribution >= 4 is 20.1 Å². The standard InChI is InChI=1S/C14H20N5P/c1-3-7-18(8-4-1)13-11-12(17-20-16-11)14(15-13)19-9-5-2-6-10-19/h1-10H2. The van der Waals surface area contributed by atoms with Gasteiger partial charge in [-0.05, 0) is 38.5 Å². The lowest BCUT2D eigenvalue weighted by atomic mass is 10.1. The van der Waals surface area contributed by atoms with Crippen LogP contribution >= 0.6 is 8.52 Å². The average molecular weight is 289 g/mol. The number of amidine groups is 1. The number of likely N-dealkylation sites (tertiary alicyclic amines) is 2. The topological polar surface area (TPSA) is 43.6 Å². The second-order valence-electron chi connectivity index (χ2n) is 5.84. The molecule has 4 heterocycles. The van der Waals surface area contributed by atoms with Gasteiger partial charge in [-0.15, -0.1) is 0 Å². The van der Waals surface area contributed by atoms with Crippen LogP contribution in [-0.4, -0.2) is 47.5 Å². The molecule has 106 valence electrons. The van der Waals surface area contributed by atoms with Crippen LogP contribution in [0.3, 0.4) is 0 Å². The van der Waals surface area contributed by atoms with Gasteiger partial charge in [0.05, 0.1) is 0 Å². The molecule has 2 saturated heterocycles. The minimum Gasteiger partial charge on any atom is -0.355 e. The molecule has 4 rings (SSSR count). The summed E-state index contributed by atoms with van der Waals surface area (Å²) in [5, 5.41) is 0. The van der Waals surface area contributed by atoms with Gasteiger partial charge in [0.15, 0.2) is 20.2 Å². The molecule has 4 aliphatic rings. The normalized spacial score (nSPS) is 26.8. The SMILES string of the molecule is C1CCN(C2=NC(N3CCCCC3)=C3N=PN=C23)CC1. The number of fused-ring (bicyclic) bond motifs is 1. The smallest absolute Gasteiger partial charge is 0.159 e. The fourth-order valence-corrected chi connectivity index (χ4v) is 3.96. The van der Waals surface area contributed by atoms with Crippen LogP contribution < -0.4 is 0 Å². The van der Waals surface area contributed by atoms with E-state index in [0.717, 1.165) is 57.8 Å². The van der Waals surface area contributed by atoms with Gasteiger partial charge in [-0.3, -0.25) is 0 Å². The number of nitrogens with zero attached hydrogens (tertiary/aromatic N) is 5. The maximum absolute atomic E-state index is 4.94. The van der Waals surface area contributed by atoms with Crippen molar-refractivity contribution < 1.29 is 0 Å². The highest BCUT2D eigenvalue weighted by atomic mass is 31.1. The fraction of sp³-hybridized carbons (Fsp3) is 0.714. The quantitative estimate of drug-likeness (QED) is 0.696. The first kappa shape index (κ1) is 12.5.